The first kappa shape index (κ1) is 12.0. The van der Waals surface area contributed by atoms with E-state index in [9.17, 15) is 4.79 Å². The number of ether oxygens (including phenoxy) is 1. The van der Waals surface area contributed by atoms with E-state index < -0.39 is 0 Å². The van der Waals surface area contributed by atoms with Gasteiger partial charge in [0.15, 0.2) is 0 Å². The number of hydrogen-bond acceptors (Lipinski definition) is 3. The zero-order chi connectivity index (χ0) is 10.3. The maximum absolute atomic E-state index is 11.3. The molecule has 3 heteroatoms. The Morgan fingerprint density at radius 3 is 2.15 bits per heavy atom. The Morgan fingerprint density at radius 2 is 1.77 bits per heavy atom. The highest BCUT2D eigenvalue weighted by molar-refractivity contribution is 5.88. The van der Waals surface area contributed by atoms with Crippen LogP contribution in [0, 0.1) is 0 Å². The van der Waals surface area contributed by atoms with Gasteiger partial charge in [-0.05, 0) is 24.8 Å². The number of hydrogen-bond donors (Lipinski definition) is 1. The highest BCUT2D eigenvalue weighted by Gasteiger charge is 2.10. The molecule has 0 saturated carbocycles. The number of nitrogens with two attached hydrogens (primary N) is 1. The summed E-state index contributed by atoms with van der Waals surface area (Å²) in [7, 11) is 0. The molecule has 13 heavy (non-hydrogen) atoms. The monoisotopic (exact) mass is 185 g/mol. The van der Waals surface area contributed by atoms with Crippen molar-refractivity contribution in [3.8, 4) is 0 Å². The molecule has 0 aromatic heterocycles. The fraction of sp³-hybridized carbons (Fsp3) is 0.700. The normalized spacial score (nSPS) is 9.46. The zero-order valence-electron chi connectivity index (χ0n) is 8.72. The molecule has 0 aliphatic heterocycles. The molecule has 0 aliphatic carbocycles. The van der Waals surface area contributed by atoms with E-state index in [1.165, 1.54) is 0 Å². The topological polar surface area (TPSA) is 52.3 Å². The lowest BCUT2D eigenvalue weighted by Crippen LogP contribution is -2.17. The molecule has 0 rings (SSSR count). The van der Waals surface area contributed by atoms with Gasteiger partial charge in [0.2, 0.25) is 0 Å². The molecule has 0 heterocycles. The van der Waals surface area contributed by atoms with Crippen molar-refractivity contribution in [2.75, 3.05) is 6.61 Å². The van der Waals surface area contributed by atoms with Gasteiger partial charge < -0.3 is 10.5 Å². The number of esters is 1. The molecule has 0 atom stereocenters. The average molecular weight is 185 g/mol. The smallest absolute Gasteiger partial charge is 0.354 e. The minimum atomic E-state index is -0.374. The Morgan fingerprint density at radius 1 is 1.23 bits per heavy atom. The SMILES string of the molecule is CCCOC(=O)C(N)=C(CC)CC. The first-order valence-corrected chi connectivity index (χ1v) is 4.81. The first-order chi connectivity index (χ1) is 6.17. The van der Waals surface area contributed by atoms with E-state index >= 15 is 0 Å². The molecule has 0 bridgehead atoms. The van der Waals surface area contributed by atoms with Gasteiger partial charge in [-0.15, -0.1) is 0 Å². The van der Waals surface area contributed by atoms with E-state index in [0.29, 0.717) is 12.3 Å². The Bertz CT molecular complexity index is 191. The summed E-state index contributed by atoms with van der Waals surface area (Å²) >= 11 is 0. The van der Waals surface area contributed by atoms with Gasteiger partial charge in [0.1, 0.15) is 5.70 Å². The second-order valence-electron chi connectivity index (χ2n) is 2.86. The summed E-state index contributed by atoms with van der Waals surface area (Å²) in [5.74, 6) is -0.374. The maximum Gasteiger partial charge on any atom is 0.354 e. The van der Waals surface area contributed by atoms with Crippen molar-refractivity contribution in [1.82, 2.24) is 0 Å². The van der Waals surface area contributed by atoms with Crippen molar-refractivity contribution >= 4 is 5.97 Å². The molecule has 0 saturated heterocycles. The highest BCUT2D eigenvalue weighted by atomic mass is 16.5. The van der Waals surface area contributed by atoms with Crippen LogP contribution in [0.4, 0.5) is 0 Å². The summed E-state index contributed by atoms with van der Waals surface area (Å²) in [6, 6.07) is 0. The lowest BCUT2D eigenvalue weighted by molar-refractivity contribution is -0.139. The highest BCUT2D eigenvalue weighted by Crippen LogP contribution is 2.09. The van der Waals surface area contributed by atoms with E-state index in [1.54, 1.807) is 0 Å². The molecule has 2 N–H and O–H groups in total. The van der Waals surface area contributed by atoms with Crippen LogP contribution in [0.2, 0.25) is 0 Å². The first-order valence-electron chi connectivity index (χ1n) is 4.81. The van der Waals surface area contributed by atoms with Gasteiger partial charge in [0.25, 0.3) is 0 Å². The third-order valence-corrected chi connectivity index (χ3v) is 1.89. The maximum atomic E-state index is 11.3. The molecule has 0 amide bonds. The number of rotatable bonds is 5. The Hall–Kier alpha value is -0.990. The van der Waals surface area contributed by atoms with Gasteiger partial charge in [-0.2, -0.15) is 0 Å². The van der Waals surface area contributed by atoms with Crippen molar-refractivity contribution in [1.29, 1.82) is 0 Å². The lowest BCUT2D eigenvalue weighted by atomic mass is 10.1. The largest absolute Gasteiger partial charge is 0.461 e. The van der Waals surface area contributed by atoms with Crippen molar-refractivity contribution in [2.24, 2.45) is 5.73 Å². The van der Waals surface area contributed by atoms with Crippen molar-refractivity contribution in [3.63, 3.8) is 0 Å². The molecule has 0 unspecified atom stereocenters. The van der Waals surface area contributed by atoms with E-state index in [0.717, 1.165) is 24.8 Å². The molecule has 0 aromatic carbocycles. The third kappa shape index (κ3) is 3.97. The second kappa shape index (κ2) is 6.52. The molecule has 0 aliphatic rings. The second-order valence-corrected chi connectivity index (χ2v) is 2.86. The molecular formula is C10H19NO2. The van der Waals surface area contributed by atoms with E-state index in [-0.39, 0.29) is 5.97 Å². The zero-order valence-corrected chi connectivity index (χ0v) is 8.72. The standard InChI is InChI=1S/C10H19NO2/c1-4-7-13-10(12)9(11)8(5-2)6-3/h4-7,11H2,1-3H3. The van der Waals surface area contributed by atoms with Crippen LogP contribution in [0.1, 0.15) is 40.0 Å². The third-order valence-electron chi connectivity index (χ3n) is 1.89. The van der Waals surface area contributed by atoms with Gasteiger partial charge >= 0.3 is 5.97 Å². The molecular weight excluding hydrogens is 166 g/mol. The minimum absolute atomic E-state index is 0.290. The Balaban J connectivity index is 4.28. The van der Waals surface area contributed by atoms with Crippen LogP contribution < -0.4 is 5.73 Å². The van der Waals surface area contributed by atoms with Crippen LogP contribution in [0.3, 0.4) is 0 Å². The molecule has 76 valence electrons. The van der Waals surface area contributed by atoms with E-state index in [1.807, 2.05) is 20.8 Å². The van der Waals surface area contributed by atoms with Crippen molar-refractivity contribution in [2.45, 2.75) is 40.0 Å². The van der Waals surface area contributed by atoms with Crippen LogP contribution >= 0.6 is 0 Å². The van der Waals surface area contributed by atoms with Crippen LogP contribution in [-0.2, 0) is 9.53 Å². The molecule has 0 radical (unpaired) electrons. The molecule has 3 nitrogen and oxygen atoms in total. The summed E-state index contributed by atoms with van der Waals surface area (Å²) in [4.78, 5) is 11.3. The molecule has 0 aromatic rings. The van der Waals surface area contributed by atoms with Crippen molar-refractivity contribution < 1.29 is 9.53 Å². The quantitative estimate of drug-likeness (QED) is 0.526. The van der Waals surface area contributed by atoms with Crippen LogP contribution in [0.5, 0.6) is 0 Å². The summed E-state index contributed by atoms with van der Waals surface area (Å²) in [6.45, 7) is 6.37. The number of carbonyl (C=O) groups excluding carboxylic acids is 1. The summed E-state index contributed by atoms with van der Waals surface area (Å²) in [6.07, 6.45) is 2.44. The van der Waals surface area contributed by atoms with Crippen LogP contribution in [0.25, 0.3) is 0 Å². The van der Waals surface area contributed by atoms with Crippen LogP contribution in [0.15, 0.2) is 11.3 Å². The number of carbonyl (C=O) groups is 1. The number of allylic oxidation sites excluding steroid dienone is 1. The lowest BCUT2D eigenvalue weighted by Gasteiger charge is -2.07. The molecule has 0 spiro atoms. The average Bonchev–Trinajstić information content (AvgIpc) is 2.15. The van der Waals surface area contributed by atoms with E-state index in [2.05, 4.69) is 0 Å². The Labute approximate surface area is 79.9 Å². The molecule has 0 fully saturated rings. The van der Waals surface area contributed by atoms with Gasteiger partial charge in [0, 0.05) is 0 Å². The van der Waals surface area contributed by atoms with Crippen molar-refractivity contribution in [3.05, 3.63) is 11.3 Å². The van der Waals surface area contributed by atoms with Gasteiger partial charge in [0.05, 0.1) is 6.61 Å². The van der Waals surface area contributed by atoms with Gasteiger partial charge in [-0.3, -0.25) is 0 Å². The van der Waals surface area contributed by atoms with Crippen LogP contribution in [-0.4, -0.2) is 12.6 Å². The van der Waals surface area contributed by atoms with Gasteiger partial charge in [-0.25, -0.2) is 4.79 Å². The predicted octanol–water partition coefficient (Wildman–Crippen LogP) is 1.97. The summed E-state index contributed by atoms with van der Waals surface area (Å²) in [5, 5.41) is 0. The fourth-order valence-corrected chi connectivity index (χ4v) is 1.05. The predicted molar refractivity (Wildman–Crippen MR) is 53.0 cm³/mol. The Kier molecular flexibility index (Phi) is 6.02. The summed E-state index contributed by atoms with van der Waals surface area (Å²) in [5.41, 5.74) is 6.89. The minimum Gasteiger partial charge on any atom is -0.461 e. The van der Waals surface area contributed by atoms with Gasteiger partial charge in [-0.1, -0.05) is 20.8 Å². The fourth-order valence-electron chi connectivity index (χ4n) is 1.05. The summed E-state index contributed by atoms with van der Waals surface area (Å²) < 4.78 is 4.92. The van der Waals surface area contributed by atoms with E-state index in [4.69, 9.17) is 10.5 Å².